The van der Waals surface area contributed by atoms with Crippen LogP contribution in [0.3, 0.4) is 0 Å². The first-order valence-corrected chi connectivity index (χ1v) is 7.14. The van der Waals surface area contributed by atoms with E-state index in [0.717, 1.165) is 0 Å². The van der Waals surface area contributed by atoms with Crippen LogP contribution in [0.1, 0.15) is 30.6 Å². The fraction of sp³-hybridized carbons (Fsp3) is 0. The van der Waals surface area contributed by atoms with E-state index in [2.05, 4.69) is 5.16 Å². The quantitative estimate of drug-likeness (QED) is 0.692. The second-order valence-corrected chi connectivity index (χ2v) is 5.59. The molecule has 0 aliphatic rings. The summed E-state index contributed by atoms with van der Waals surface area (Å²) in [5.41, 5.74) is 0.279. The summed E-state index contributed by atoms with van der Waals surface area (Å²) in [5.74, 6) is -0.528. The molecular formula is C13H7NO3S2. The molecule has 3 aromatic heterocycles. The van der Waals surface area contributed by atoms with Crippen molar-refractivity contribution in [2.24, 2.45) is 0 Å². The molecule has 0 N–H and O–H groups in total. The predicted molar refractivity (Wildman–Crippen MR) is 72.0 cm³/mol. The van der Waals surface area contributed by atoms with E-state index in [1.807, 2.05) is 5.38 Å². The molecule has 0 saturated carbocycles. The third kappa shape index (κ3) is 2.16. The SMILES string of the molecule is O=C(c1cccs1)c1conc1C(=O)c1cccs1. The van der Waals surface area contributed by atoms with Crippen molar-refractivity contribution in [2.75, 3.05) is 0 Å². The van der Waals surface area contributed by atoms with Crippen LogP contribution in [0.5, 0.6) is 0 Å². The van der Waals surface area contributed by atoms with E-state index in [9.17, 15) is 9.59 Å². The van der Waals surface area contributed by atoms with Crippen LogP contribution in [0.2, 0.25) is 0 Å². The molecule has 0 aliphatic carbocycles. The van der Waals surface area contributed by atoms with Gasteiger partial charge in [-0.3, -0.25) is 9.59 Å². The molecule has 0 fully saturated rings. The van der Waals surface area contributed by atoms with Gasteiger partial charge in [-0.25, -0.2) is 0 Å². The van der Waals surface area contributed by atoms with Gasteiger partial charge in [0.1, 0.15) is 6.26 Å². The van der Waals surface area contributed by atoms with E-state index < -0.39 is 0 Å². The van der Waals surface area contributed by atoms with Crippen LogP contribution in [-0.2, 0) is 0 Å². The number of aromatic nitrogens is 1. The smallest absolute Gasteiger partial charge is 0.225 e. The van der Waals surface area contributed by atoms with E-state index in [-0.39, 0.29) is 22.8 Å². The monoisotopic (exact) mass is 289 g/mol. The molecule has 0 aromatic carbocycles. The lowest BCUT2D eigenvalue weighted by atomic mass is 10.1. The number of nitrogens with zero attached hydrogens (tertiary/aromatic N) is 1. The molecule has 3 aromatic rings. The third-order valence-electron chi connectivity index (χ3n) is 2.52. The van der Waals surface area contributed by atoms with Crippen molar-refractivity contribution in [1.29, 1.82) is 0 Å². The Labute approximate surface area is 116 Å². The Hall–Kier alpha value is -2.05. The number of thiophene rings is 2. The summed E-state index contributed by atoms with van der Waals surface area (Å²) < 4.78 is 4.80. The normalized spacial score (nSPS) is 10.5. The zero-order chi connectivity index (χ0) is 13.2. The molecule has 94 valence electrons. The molecule has 0 radical (unpaired) electrons. The molecule has 0 amide bonds. The summed E-state index contributed by atoms with van der Waals surface area (Å²) in [5, 5.41) is 7.28. The first-order chi connectivity index (χ1) is 9.27. The van der Waals surface area contributed by atoms with E-state index in [1.165, 1.54) is 28.9 Å². The van der Waals surface area contributed by atoms with Crippen LogP contribution < -0.4 is 0 Å². The Morgan fingerprint density at radius 3 is 2.21 bits per heavy atom. The maximum Gasteiger partial charge on any atom is 0.225 e. The molecule has 0 unspecified atom stereocenters. The molecule has 0 atom stereocenters. The van der Waals surface area contributed by atoms with Crippen LogP contribution >= 0.6 is 22.7 Å². The Kier molecular flexibility index (Phi) is 3.10. The average Bonchev–Trinajstić information content (AvgIpc) is 3.16. The highest BCUT2D eigenvalue weighted by atomic mass is 32.1. The average molecular weight is 289 g/mol. The lowest BCUT2D eigenvalue weighted by Gasteiger charge is -1.96. The minimum atomic E-state index is -0.288. The summed E-state index contributed by atoms with van der Waals surface area (Å²) in [6, 6.07) is 6.96. The van der Waals surface area contributed by atoms with Gasteiger partial charge in [-0.05, 0) is 22.9 Å². The van der Waals surface area contributed by atoms with Crippen molar-refractivity contribution in [3.05, 3.63) is 62.3 Å². The van der Waals surface area contributed by atoms with Gasteiger partial charge < -0.3 is 4.52 Å². The lowest BCUT2D eigenvalue weighted by Crippen LogP contribution is -2.08. The van der Waals surface area contributed by atoms with Gasteiger partial charge in [0, 0.05) is 0 Å². The number of ketones is 2. The van der Waals surface area contributed by atoms with Crippen molar-refractivity contribution in [3.63, 3.8) is 0 Å². The summed E-state index contributed by atoms with van der Waals surface area (Å²) >= 11 is 2.63. The van der Waals surface area contributed by atoms with Crippen LogP contribution in [0.4, 0.5) is 0 Å². The molecule has 0 spiro atoms. The molecule has 4 nitrogen and oxygen atoms in total. The summed E-state index contributed by atoms with van der Waals surface area (Å²) in [6.07, 6.45) is 1.23. The van der Waals surface area contributed by atoms with E-state index in [4.69, 9.17) is 4.52 Å². The van der Waals surface area contributed by atoms with Gasteiger partial charge in [-0.15, -0.1) is 22.7 Å². The standard InChI is InChI=1S/C13H7NO3S2/c15-12(9-3-1-5-18-9)8-7-17-14-11(8)13(16)10-4-2-6-19-10/h1-7H. The van der Waals surface area contributed by atoms with Crippen LogP contribution in [0.25, 0.3) is 0 Å². The topological polar surface area (TPSA) is 60.2 Å². The maximum atomic E-state index is 12.2. The second-order valence-electron chi connectivity index (χ2n) is 3.69. The van der Waals surface area contributed by atoms with Gasteiger partial charge in [-0.2, -0.15) is 0 Å². The molecule has 0 aliphatic heterocycles. The predicted octanol–water partition coefficient (Wildman–Crippen LogP) is 3.26. The Bertz CT molecular complexity index is 650. The molecule has 0 saturated heterocycles. The Morgan fingerprint density at radius 2 is 1.63 bits per heavy atom. The first-order valence-electron chi connectivity index (χ1n) is 5.38. The Morgan fingerprint density at radius 1 is 1.00 bits per heavy atom. The minimum absolute atomic E-state index is 0.0702. The first kappa shape index (κ1) is 12.0. The van der Waals surface area contributed by atoms with Gasteiger partial charge >= 0.3 is 0 Å². The third-order valence-corrected chi connectivity index (χ3v) is 4.26. The van der Waals surface area contributed by atoms with E-state index >= 15 is 0 Å². The fourth-order valence-electron chi connectivity index (χ4n) is 1.63. The second kappa shape index (κ2) is 4.91. The molecule has 0 bridgehead atoms. The van der Waals surface area contributed by atoms with Crippen molar-refractivity contribution < 1.29 is 14.1 Å². The number of rotatable bonds is 4. The van der Waals surface area contributed by atoms with Gasteiger partial charge in [0.25, 0.3) is 0 Å². The van der Waals surface area contributed by atoms with Crippen molar-refractivity contribution >= 4 is 34.2 Å². The summed E-state index contributed by atoms with van der Waals surface area (Å²) in [4.78, 5) is 25.5. The van der Waals surface area contributed by atoms with Gasteiger partial charge in [0.15, 0.2) is 5.69 Å². The molecule has 19 heavy (non-hydrogen) atoms. The van der Waals surface area contributed by atoms with Gasteiger partial charge in [-0.1, -0.05) is 17.3 Å². The highest BCUT2D eigenvalue weighted by Gasteiger charge is 2.24. The largest absolute Gasteiger partial charge is 0.363 e. The van der Waals surface area contributed by atoms with E-state index in [1.54, 1.807) is 29.6 Å². The highest BCUT2D eigenvalue weighted by Crippen LogP contribution is 2.21. The van der Waals surface area contributed by atoms with E-state index in [0.29, 0.717) is 9.75 Å². The Balaban J connectivity index is 1.99. The lowest BCUT2D eigenvalue weighted by molar-refractivity contribution is 0.100. The molecule has 3 rings (SSSR count). The van der Waals surface area contributed by atoms with Gasteiger partial charge in [0.05, 0.1) is 15.3 Å². The number of hydrogen-bond donors (Lipinski definition) is 0. The fourth-order valence-corrected chi connectivity index (χ4v) is 2.97. The van der Waals surface area contributed by atoms with Crippen molar-refractivity contribution in [1.82, 2.24) is 5.16 Å². The zero-order valence-corrected chi connectivity index (χ0v) is 11.2. The number of carbonyl (C=O) groups excluding carboxylic acids is 2. The maximum absolute atomic E-state index is 12.2. The van der Waals surface area contributed by atoms with Crippen LogP contribution in [0, 0.1) is 0 Å². The minimum Gasteiger partial charge on any atom is -0.363 e. The summed E-state index contributed by atoms with van der Waals surface area (Å²) in [7, 11) is 0. The molecule has 6 heteroatoms. The summed E-state index contributed by atoms with van der Waals surface area (Å²) in [6.45, 7) is 0. The van der Waals surface area contributed by atoms with Crippen LogP contribution in [0.15, 0.2) is 45.8 Å². The highest BCUT2D eigenvalue weighted by molar-refractivity contribution is 7.12. The number of carbonyl (C=O) groups is 2. The van der Waals surface area contributed by atoms with Crippen molar-refractivity contribution in [2.45, 2.75) is 0 Å². The van der Waals surface area contributed by atoms with Gasteiger partial charge in [0.2, 0.25) is 11.6 Å². The number of hydrogen-bond acceptors (Lipinski definition) is 6. The molecule has 3 heterocycles. The van der Waals surface area contributed by atoms with Crippen LogP contribution in [-0.4, -0.2) is 16.7 Å². The van der Waals surface area contributed by atoms with Crippen molar-refractivity contribution in [3.8, 4) is 0 Å². The molecular weight excluding hydrogens is 282 g/mol. The zero-order valence-electron chi connectivity index (χ0n) is 9.53.